The molecule has 98 heavy (non-hydrogen) atoms. The Morgan fingerprint density at radius 2 is 0.796 bits per heavy atom. The number of phosphoric ester groups is 2. The standard InChI is InChI=1S/C50H91N3O43P2/c1-13-22(58)29(65)33(69)46(84-13)95-41-36(72)49(88-17(8-56)38(41)92-45-32(68)25(61)18(10-79-45)89-44-31(67)23(59)14(57)9-78-44)96-42-30(66)24(60)15(6-54)87-50(42)94-40-27(63)19(11-82-97(74,75)80-4-2-51)90-48(35(40)71)93-39-26(62)16(7-55)86-47(34(39)70)91-37-20(85-43(73)21(53)28(37)64)12-83-98(76,77)81-5-3-52/h13-50,54-73H,2-12,51-53H2,1H3,(H,74,75)(H,76,77)/t13-,14+,15+,16+,17+,18+,19+,20+,21+,22-,23-,24+,25-,26+,27+,28+,29+,30-,31+,32+,33+,34-,35-,36-,37+,38+,39-,40-,41+,42-,43-,44-,45-,46-,47+,48+,49+,50+/m0/s1. The number of hydrogen-bond acceptors (Lipinski definition) is 44. The Labute approximate surface area is 554 Å². The first-order valence-electron chi connectivity index (χ1n) is 30.8. The summed E-state index contributed by atoms with van der Waals surface area (Å²) in [6, 6.07) is -1.71. The molecule has 8 aliphatic heterocycles. The summed E-state index contributed by atoms with van der Waals surface area (Å²) in [7, 11) is -10.0. The van der Waals surface area contributed by atoms with Crippen LogP contribution in [0.4, 0.5) is 0 Å². The maximum Gasteiger partial charge on any atom is 0.472 e. The van der Waals surface area contributed by atoms with E-state index >= 15 is 0 Å². The minimum Gasteiger partial charge on any atom is -0.394 e. The summed E-state index contributed by atoms with van der Waals surface area (Å²) in [5.41, 5.74) is 16.7. The number of phosphoric acid groups is 2. The van der Waals surface area contributed by atoms with Gasteiger partial charge in [-0.2, -0.15) is 0 Å². The van der Waals surface area contributed by atoms with Gasteiger partial charge in [-0.1, -0.05) is 0 Å². The van der Waals surface area contributed by atoms with Gasteiger partial charge in [0.15, 0.2) is 50.3 Å². The predicted octanol–water partition coefficient (Wildman–Crippen LogP) is -16.0. The monoisotopic (exact) mass is 1480 g/mol. The summed E-state index contributed by atoms with van der Waals surface area (Å²) in [5, 5.41) is 222. The van der Waals surface area contributed by atoms with E-state index in [0.717, 1.165) is 0 Å². The number of nitrogens with two attached hydrogens (primary N) is 3. The van der Waals surface area contributed by atoms with Gasteiger partial charge in [0.2, 0.25) is 0 Å². The van der Waals surface area contributed by atoms with Crippen molar-refractivity contribution < 1.29 is 210 Å². The topological polar surface area (TPSA) is 733 Å². The minimum absolute atomic E-state index is 0.230. The van der Waals surface area contributed by atoms with Crippen molar-refractivity contribution in [3.05, 3.63) is 0 Å². The fourth-order valence-electron chi connectivity index (χ4n) is 11.6. The van der Waals surface area contributed by atoms with Gasteiger partial charge in [0, 0.05) is 13.1 Å². The van der Waals surface area contributed by atoms with Gasteiger partial charge in [-0.3, -0.25) is 18.1 Å². The van der Waals surface area contributed by atoms with Crippen LogP contribution in [0.2, 0.25) is 0 Å². The van der Waals surface area contributed by atoms with Gasteiger partial charge in [-0.15, -0.1) is 0 Å². The molecule has 0 saturated carbocycles. The maximum absolute atomic E-state index is 13.0. The fourth-order valence-corrected chi connectivity index (χ4v) is 13.1. The maximum atomic E-state index is 13.0. The molecule has 574 valence electrons. The Balaban J connectivity index is 1.07. The number of hydrogen-bond donors (Lipinski definition) is 25. The minimum atomic E-state index is -5.14. The van der Waals surface area contributed by atoms with E-state index in [1.54, 1.807) is 0 Å². The van der Waals surface area contributed by atoms with Gasteiger partial charge in [0.25, 0.3) is 0 Å². The Bertz CT molecular complexity index is 2530. The number of aliphatic hydroxyl groups is 20. The van der Waals surface area contributed by atoms with Crippen LogP contribution >= 0.6 is 15.6 Å². The smallest absolute Gasteiger partial charge is 0.394 e. The molecular weight excluding hydrogens is 1390 g/mol. The summed E-state index contributed by atoms with van der Waals surface area (Å²) >= 11 is 0. The normalized spacial score (nSPS) is 49.6. The molecule has 0 aromatic heterocycles. The lowest BCUT2D eigenvalue weighted by Gasteiger charge is -2.51. The van der Waals surface area contributed by atoms with E-state index in [1.807, 2.05) is 0 Å². The molecule has 46 nitrogen and oxygen atoms in total. The summed E-state index contributed by atoms with van der Waals surface area (Å²) in [5.74, 6) is 0. The quantitative estimate of drug-likeness (QED) is 0.0309. The Kier molecular flexibility index (Phi) is 30.1. The van der Waals surface area contributed by atoms with Crippen LogP contribution in [0.25, 0.3) is 0 Å². The zero-order valence-electron chi connectivity index (χ0n) is 51.8. The molecule has 0 radical (unpaired) electrons. The highest BCUT2D eigenvalue weighted by molar-refractivity contribution is 7.47. The van der Waals surface area contributed by atoms with Crippen molar-refractivity contribution in [2.45, 2.75) is 240 Å². The van der Waals surface area contributed by atoms with Crippen molar-refractivity contribution in [1.82, 2.24) is 0 Å². The van der Waals surface area contributed by atoms with Crippen molar-refractivity contribution in [2.24, 2.45) is 17.2 Å². The molecule has 8 saturated heterocycles. The third kappa shape index (κ3) is 19.1. The van der Waals surface area contributed by atoms with Crippen LogP contribution in [0.5, 0.6) is 0 Å². The molecule has 0 bridgehead atoms. The average Bonchev–Trinajstić information content (AvgIpc) is 0.771. The third-order valence-electron chi connectivity index (χ3n) is 17.1. The molecule has 8 rings (SSSR count). The molecule has 8 aliphatic rings. The first-order valence-corrected chi connectivity index (χ1v) is 33.7. The molecule has 8 fully saturated rings. The molecule has 0 aliphatic carbocycles. The van der Waals surface area contributed by atoms with E-state index in [9.17, 15) is 121 Å². The van der Waals surface area contributed by atoms with Crippen LogP contribution in [0, 0.1) is 0 Å². The van der Waals surface area contributed by atoms with Gasteiger partial charge in [-0.25, -0.2) is 9.13 Å². The van der Waals surface area contributed by atoms with Crippen LogP contribution in [-0.4, -0.2) is 418 Å². The third-order valence-corrected chi connectivity index (χ3v) is 19.1. The second kappa shape index (κ2) is 35.9. The highest BCUT2D eigenvalue weighted by Crippen LogP contribution is 2.46. The van der Waals surface area contributed by atoms with Gasteiger partial charge < -0.3 is 200 Å². The zero-order valence-corrected chi connectivity index (χ0v) is 53.5. The molecule has 48 heteroatoms. The number of aliphatic hydroxyl groups excluding tert-OH is 20. The van der Waals surface area contributed by atoms with Gasteiger partial charge in [-0.05, 0) is 6.92 Å². The number of rotatable bonds is 29. The first kappa shape index (κ1) is 82.4. The van der Waals surface area contributed by atoms with Crippen LogP contribution < -0.4 is 17.2 Å². The second-order valence-electron chi connectivity index (χ2n) is 24.0. The molecule has 0 aromatic rings. The summed E-state index contributed by atoms with van der Waals surface area (Å²) in [6.45, 7) is -7.30. The van der Waals surface area contributed by atoms with E-state index in [0.29, 0.717) is 0 Å². The molecule has 2 unspecified atom stereocenters. The average molecular weight is 1480 g/mol. The fraction of sp³-hybridized carbons (Fsp3) is 1.00. The van der Waals surface area contributed by atoms with Gasteiger partial charge in [0.05, 0.1) is 71.6 Å². The van der Waals surface area contributed by atoms with E-state index in [4.69, 9.17) is 106 Å². The Morgan fingerprint density at radius 3 is 1.38 bits per heavy atom. The van der Waals surface area contributed by atoms with Gasteiger partial charge >= 0.3 is 15.6 Å². The van der Waals surface area contributed by atoms with E-state index in [1.165, 1.54) is 6.92 Å². The summed E-state index contributed by atoms with van der Waals surface area (Å²) < 4.78 is 131. The lowest BCUT2D eigenvalue weighted by Crippen LogP contribution is -2.69. The van der Waals surface area contributed by atoms with Crippen molar-refractivity contribution in [2.75, 3.05) is 72.6 Å². The molecule has 28 N–H and O–H groups in total. The van der Waals surface area contributed by atoms with Crippen molar-refractivity contribution in [1.29, 1.82) is 0 Å². The largest absolute Gasteiger partial charge is 0.472 e. The van der Waals surface area contributed by atoms with Crippen LogP contribution in [0.1, 0.15) is 6.92 Å². The van der Waals surface area contributed by atoms with Crippen LogP contribution in [0.3, 0.4) is 0 Å². The lowest BCUT2D eigenvalue weighted by molar-refractivity contribution is -0.410. The first-order chi connectivity index (χ1) is 46.2. The lowest BCUT2D eigenvalue weighted by atomic mass is 9.95. The molecular formula is C50H91N3O43P2. The molecule has 0 amide bonds. The zero-order chi connectivity index (χ0) is 72.2. The van der Waals surface area contributed by atoms with E-state index < -0.39 is 308 Å². The summed E-state index contributed by atoms with van der Waals surface area (Å²) in [4.78, 5) is 20.6. The van der Waals surface area contributed by atoms with Gasteiger partial charge in [0.1, 0.15) is 171 Å². The SMILES string of the molecule is C[C@@H]1O[C@@H](O[C@@H]2[C@H](O)[C@@H](O[C@@H]3[C@@H](O[C@@H]4[C@H](O)[C@@H](O[C@@H]5[C@H](O)[C@@H](O[C@H]6[C@H](O)[C@@H](N)[C@@H](O)O[C@@H]6COP(=O)(O)OCCN)O[C@H](CO)[C@H]5O)O[C@H](COP(=O)(O)OCCN)[C@H]4O)O[C@H](CO)[C@@H](O)[C@@H]3O)O[C@H](CO)[C@H]2O[C@@H]2OC[C@@H](O[C@@H]3OC[C@@H](O)[C@H](O)[C@H]3O)[C@H](O)[C@H]2O)[C@H](O)[C@H](O)[C@H]1O. The predicted molar refractivity (Wildman–Crippen MR) is 300 cm³/mol. The second-order valence-corrected chi connectivity index (χ2v) is 26.9. The van der Waals surface area contributed by atoms with Crippen molar-refractivity contribution in [3.8, 4) is 0 Å². The Morgan fingerprint density at radius 1 is 0.367 bits per heavy atom. The molecule has 8 heterocycles. The summed E-state index contributed by atoms with van der Waals surface area (Å²) in [6.07, 6.45) is -76.4. The van der Waals surface area contributed by atoms with E-state index in [2.05, 4.69) is 0 Å². The van der Waals surface area contributed by atoms with Crippen molar-refractivity contribution in [3.63, 3.8) is 0 Å². The highest BCUT2D eigenvalue weighted by atomic mass is 31.2. The molecule has 0 aromatic carbocycles. The molecule has 0 spiro atoms. The molecule has 40 atom stereocenters. The van der Waals surface area contributed by atoms with E-state index in [-0.39, 0.29) is 13.1 Å². The Hall–Kier alpha value is -1.30. The van der Waals surface area contributed by atoms with Crippen LogP contribution in [0.15, 0.2) is 0 Å². The van der Waals surface area contributed by atoms with Crippen molar-refractivity contribution >= 4 is 15.6 Å². The number of ether oxygens (including phenoxy) is 15. The van der Waals surface area contributed by atoms with Crippen LogP contribution in [-0.2, 0) is 98.3 Å². The highest BCUT2D eigenvalue weighted by Gasteiger charge is 2.60.